The minimum absolute atomic E-state index is 1.01. The van der Waals surface area contributed by atoms with Crippen LogP contribution in [-0.4, -0.2) is 4.98 Å². The van der Waals surface area contributed by atoms with Crippen molar-refractivity contribution in [2.45, 2.75) is 0 Å². The molecule has 1 nitrogen and oxygen atoms in total. The maximum Gasteiger partial charge on any atom is 0.0815 e. The van der Waals surface area contributed by atoms with Crippen LogP contribution >= 0.6 is 11.3 Å². The van der Waals surface area contributed by atoms with Crippen molar-refractivity contribution >= 4 is 28.3 Å². The molecule has 2 heterocycles. The molecule has 0 saturated carbocycles. The summed E-state index contributed by atoms with van der Waals surface area (Å²) in [5.41, 5.74) is 4.48. The number of pyridine rings is 1. The van der Waals surface area contributed by atoms with E-state index in [1.165, 1.54) is 21.4 Å². The van der Waals surface area contributed by atoms with Crippen LogP contribution in [0.5, 0.6) is 0 Å². The van der Waals surface area contributed by atoms with Gasteiger partial charge in [0, 0.05) is 10.3 Å². The molecule has 4 rings (SSSR count). The Balaban J connectivity index is 1.98. The van der Waals surface area contributed by atoms with Gasteiger partial charge in [0.2, 0.25) is 0 Å². The second kappa shape index (κ2) is 5.82. The van der Waals surface area contributed by atoms with Crippen LogP contribution in [0.25, 0.3) is 38.7 Å². The zero-order chi connectivity index (χ0) is 15.6. The van der Waals surface area contributed by atoms with Gasteiger partial charge in [-0.15, -0.1) is 11.3 Å². The van der Waals surface area contributed by atoms with Crippen molar-refractivity contribution in [1.82, 2.24) is 4.98 Å². The Hall–Kier alpha value is -2.71. The summed E-state index contributed by atoms with van der Waals surface area (Å²) in [5.74, 6) is 0. The van der Waals surface area contributed by atoms with Crippen molar-refractivity contribution in [1.29, 1.82) is 0 Å². The molecule has 0 saturated heterocycles. The van der Waals surface area contributed by atoms with Crippen LogP contribution in [0.4, 0.5) is 0 Å². The zero-order valence-electron chi connectivity index (χ0n) is 12.6. The van der Waals surface area contributed by atoms with E-state index in [4.69, 9.17) is 4.98 Å². The van der Waals surface area contributed by atoms with Crippen molar-refractivity contribution < 1.29 is 0 Å². The molecule has 2 aromatic carbocycles. The van der Waals surface area contributed by atoms with Gasteiger partial charge < -0.3 is 0 Å². The number of hydrogen-bond donors (Lipinski definition) is 0. The van der Waals surface area contributed by atoms with Gasteiger partial charge in [-0.2, -0.15) is 0 Å². The Labute approximate surface area is 139 Å². The van der Waals surface area contributed by atoms with E-state index in [-0.39, 0.29) is 0 Å². The molecule has 0 bridgehead atoms. The molecule has 0 aliphatic heterocycles. The average Bonchev–Trinajstić information content (AvgIpc) is 3.11. The van der Waals surface area contributed by atoms with Crippen LogP contribution in [0.3, 0.4) is 0 Å². The molecule has 0 fully saturated rings. The molecule has 0 radical (unpaired) electrons. The standard InChI is InChI=1S/C21H15NS/c1-2-16-12-13-21(23-16)20-14-18(15-8-4-3-5-9-15)17-10-6-7-11-19(17)22-20/h2-14H,1H2. The highest BCUT2D eigenvalue weighted by Crippen LogP contribution is 2.34. The summed E-state index contributed by atoms with van der Waals surface area (Å²) in [6.07, 6.45) is 1.88. The quantitative estimate of drug-likeness (QED) is 0.434. The van der Waals surface area contributed by atoms with E-state index < -0.39 is 0 Å². The normalized spacial score (nSPS) is 10.8. The summed E-state index contributed by atoms with van der Waals surface area (Å²) in [7, 11) is 0. The summed E-state index contributed by atoms with van der Waals surface area (Å²) >= 11 is 1.72. The third kappa shape index (κ3) is 2.58. The Morgan fingerprint density at radius 1 is 0.870 bits per heavy atom. The van der Waals surface area contributed by atoms with Crippen LogP contribution in [0.15, 0.2) is 79.4 Å². The molecule has 23 heavy (non-hydrogen) atoms. The summed E-state index contributed by atoms with van der Waals surface area (Å²) in [6.45, 7) is 3.84. The van der Waals surface area contributed by atoms with Gasteiger partial charge >= 0.3 is 0 Å². The van der Waals surface area contributed by atoms with Gasteiger partial charge in [0.25, 0.3) is 0 Å². The highest BCUT2D eigenvalue weighted by molar-refractivity contribution is 7.16. The highest BCUT2D eigenvalue weighted by Gasteiger charge is 2.10. The van der Waals surface area contributed by atoms with E-state index in [9.17, 15) is 0 Å². The Kier molecular flexibility index (Phi) is 3.52. The second-order valence-electron chi connectivity index (χ2n) is 5.34. The first-order chi connectivity index (χ1) is 11.3. The molecule has 0 aliphatic rings. The third-order valence-electron chi connectivity index (χ3n) is 3.88. The molecular weight excluding hydrogens is 298 g/mol. The van der Waals surface area contributed by atoms with Gasteiger partial charge in [-0.3, -0.25) is 0 Å². The van der Waals surface area contributed by atoms with Gasteiger partial charge in [0.05, 0.1) is 16.1 Å². The Morgan fingerprint density at radius 3 is 2.43 bits per heavy atom. The first kappa shape index (κ1) is 13.9. The van der Waals surface area contributed by atoms with Gasteiger partial charge in [-0.25, -0.2) is 4.98 Å². The third-order valence-corrected chi connectivity index (χ3v) is 4.98. The first-order valence-corrected chi connectivity index (χ1v) is 8.34. The summed E-state index contributed by atoms with van der Waals surface area (Å²) in [5, 5.41) is 1.18. The maximum absolute atomic E-state index is 4.86. The fourth-order valence-electron chi connectivity index (χ4n) is 2.76. The molecule has 4 aromatic rings. The fraction of sp³-hybridized carbons (Fsp3) is 0. The number of rotatable bonds is 3. The second-order valence-corrected chi connectivity index (χ2v) is 6.46. The van der Waals surface area contributed by atoms with Crippen molar-refractivity contribution in [2.75, 3.05) is 0 Å². The van der Waals surface area contributed by atoms with Crippen LogP contribution in [0, 0.1) is 0 Å². The molecule has 0 unspecified atom stereocenters. The molecule has 0 aliphatic carbocycles. The lowest BCUT2D eigenvalue weighted by Gasteiger charge is -2.09. The van der Waals surface area contributed by atoms with Crippen LogP contribution < -0.4 is 0 Å². The number of nitrogens with zero attached hydrogens (tertiary/aromatic N) is 1. The molecule has 2 heteroatoms. The molecular formula is C21H15NS. The molecule has 0 amide bonds. The number of thiophene rings is 1. The maximum atomic E-state index is 4.86. The van der Waals surface area contributed by atoms with Crippen molar-refractivity contribution in [2.24, 2.45) is 0 Å². The predicted octanol–water partition coefficient (Wildman–Crippen LogP) is 6.27. The zero-order valence-corrected chi connectivity index (χ0v) is 13.4. The lowest BCUT2D eigenvalue weighted by molar-refractivity contribution is 1.42. The molecule has 110 valence electrons. The molecule has 0 atom stereocenters. The lowest BCUT2D eigenvalue weighted by atomic mass is 10.00. The molecule has 0 spiro atoms. The average molecular weight is 313 g/mol. The summed E-state index contributed by atoms with van der Waals surface area (Å²) in [4.78, 5) is 7.19. The largest absolute Gasteiger partial charge is 0.247 e. The van der Waals surface area contributed by atoms with E-state index in [0.29, 0.717) is 0 Å². The van der Waals surface area contributed by atoms with Crippen molar-refractivity contribution in [3.63, 3.8) is 0 Å². The van der Waals surface area contributed by atoms with Gasteiger partial charge in [-0.05, 0) is 35.4 Å². The summed E-state index contributed by atoms with van der Waals surface area (Å²) < 4.78 is 0. The Morgan fingerprint density at radius 2 is 1.65 bits per heavy atom. The first-order valence-electron chi connectivity index (χ1n) is 7.53. The number of para-hydroxylation sites is 1. The number of benzene rings is 2. The number of fused-ring (bicyclic) bond motifs is 1. The van der Waals surface area contributed by atoms with Gasteiger partial charge in [0.1, 0.15) is 0 Å². The number of aromatic nitrogens is 1. The van der Waals surface area contributed by atoms with E-state index in [1.54, 1.807) is 11.3 Å². The smallest absolute Gasteiger partial charge is 0.0815 e. The van der Waals surface area contributed by atoms with E-state index in [1.807, 2.05) is 18.2 Å². The Bertz CT molecular complexity index is 983. The minimum Gasteiger partial charge on any atom is -0.247 e. The van der Waals surface area contributed by atoms with Crippen LogP contribution in [-0.2, 0) is 0 Å². The van der Waals surface area contributed by atoms with E-state index >= 15 is 0 Å². The fourth-order valence-corrected chi connectivity index (χ4v) is 3.58. The summed E-state index contributed by atoms with van der Waals surface area (Å²) in [6, 6.07) is 25.2. The SMILES string of the molecule is C=Cc1ccc(-c2cc(-c3ccccc3)c3ccccc3n2)s1. The topological polar surface area (TPSA) is 12.9 Å². The van der Waals surface area contributed by atoms with Crippen LogP contribution in [0.2, 0.25) is 0 Å². The monoisotopic (exact) mass is 313 g/mol. The minimum atomic E-state index is 1.01. The van der Waals surface area contributed by atoms with Gasteiger partial charge in [0.15, 0.2) is 0 Å². The van der Waals surface area contributed by atoms with Crippen molar-refractivity contribution in [3.8, 4) is 21.7 Å². The molecule has 2 aromatic heterocycles. The predicted molar refractivity (Wildman–Crippen MR) is 101 cm³/mol. The molecule has 0 N–H and O–H groups in total. The lowest BCUT2D eigenvalue weighted by Crippen LogP contribution is -1.88. The van der Waals surface area contributed by atoms with Gasteiger partial charge in [-0.1, -0.05) is 61.2 Å². The number of hydrogen-bond acceptors (Lipinski definition) is 2. The van der Waals surface area contributed by atoms with E-state index in [2.05, 4.69) is 67.2 Å². The van der Waals surface area contributed by atoms with E-state index in [0.717, 1.165) is 16.1 Å². The van der Waals surface area contributed by atoms with Crippen molar-refractivity contribution in [3.05, 3.63) is 84.3 Å². The van der Waals surface area contributed by atoms with Crippen LogP contribution in [0.1, 0.15) is 4.88 Å². The highest BCUT2D eigenvalue weighted by atomic mass is 32.1.